The molecule has 0 saturated carbocycles. The Morgan fingerprint density at radius 3 is 2.58 bits per heavy atom. The quantitative estimate of drug-likeness (QED) is 0.803. The molecule has 1 aromatic carbocycles. The molecule has 2 aliphatic heterocycles. The summed E-state index contributed by atoms with van der Waals surface area (Å²) in [7, 11) is 0. The Hall–Kier alpha value is -2.61. The van der Waals surface area contributed by atoms with Crippen molar-refractivity contribution in [3.05, 3.63) is 40.5 Å². The Bertz CT molecular complexity index is 917. The van der Waals surface area contributed by atoms with Crippen molar-refractivity contribution < 1.29 is 27.8 Å². The van der Waals surface area contributed by atoms with Crippen molar-refractivity contribution in [3.8, 4) is 17.2 Å². The third-order valence-corrected chi connectivity index (χ3v) is 4.49. The first-order valence-corrected chi connectivity index (χ1v) is 8.07. The number of rotatable bonds is 2. The van der Waals surface area contributed by atoms with Gasteiger partial charge in [-0.3, -0.25) is 4.79 Å². The minimum atomic E-state index is -3.74. The maximum Gasteiger partial charge on any atom is 0.586 e. The van der Waals surface area contributed by atoms with Gasteiger partial charge in [0.25, 0.3) is 0 Å². The summed E-state index contributed by atoms with van der Waals surface area (Å²) >= 11 is 5.91. The van der Waals surface area contributed by atoms with Crippen molar-refractivity contribution >= 4 is 23.3 Å². The molecule has 6 nitrogen and oxygen atoms in total. The molecule has 9 heteroatoms. The van der Waals surface area contributed by atoms with Crippen LogP contribution in [0.2, 0.25) is 5.15 Å². The van der Waals surface area contributed by atoms with E-state index in [1.807, 2.05) is 6.92 Å². The summed E-state index contributed by atoms with van der Waals surface area (Å²) in [4.78, 5) is 16.9. The lowest BCUT2D eigenvalue weighted by atomic mass is 9.83. The van der Waals surface area contributed by atoms with Gasteiger partial charge in [0.2, 0.25) is 5.91 Å². The Kier molecular flexibility index (Phi) is 3.52. The standard InChI is InChI=1S/C17H13ClF2N2O4/c1-8-3-13(18)21-14(4-8)22-15(23)16(2)7-24-10-6-12-11(5-9(10)16)25-17(19,20)26-12/h3-6H,7H2,1-2H3,(H,21,22,23). The van der Waals surface area contributed by atoms with Gasteiger partial charge in [-0.15, -0.1) is 8.78 Å². The molecular weight excluding hydrogens is 370 g/mol. The highest BCUT2D eigenvalue weighted by Gasteiger charge is 2.48. The van der Waals surface area contributed by atoms with Gasteiger partial charge in [-0.1, -0.05) is 11.6 Å². The fourth-order valence-electron chi connectivity index (χ4n) is 2.96. The maximum absolute atomic E-state index is 13.3. The van der Waals surface area contributed by atoms with E-state index >= 15 is 0 Å². The Morgan fingerprint density at radius 1 is 1.19 bits per heavy atom. The van der Waals surface area contributed by atoms with E-state index in [1.165, 1.54) is 12.1 Å². The van der Waals surface area contributed by atoms with Gasteiger partial charge >= 0.3 is 6.29 Å². The summed E-state index contributed by atoms with van der Waals surface area (Å²) in [5, 5.41) is 2.95. The molecule has 1 amide bonds. The van der Waals surface area contributed by atoms with Crippen molar-refractivity contribution in [2.75, 3.05) is 11.9 Å². The molecule has 0 spiro atoms. The molecule has 136 valence electrons. The van der Waals surface area contributed by atoms with Gasteiger partial charge in [-0.05, 0) is 37.6 Å². The van der Waals surface area contributed by atoms with Crippen molar-refractivity contribution in [1.29, 1.82) is 0 Å². The molecule has 0 radical (unpaired) electrons. The first kappa shape index (κ1) is 16.8. The number of fused-ring (bicyclic) bond motifs is 2. The van der Waals surface area contributed by atoms with Crippen LogP contribution < -0.4 is 19.5 Å². The lowest BCUT2D eigenvalue weighted by Gasteiger charge is -2.21. The Balaban J connectivity index is 1.66. The van der Waals surface area contributed by atoms with E-state index in [0.717, 1.165) is 5.56 Å². The predicted octanol–water partition coefficient (Wildman–Crippen LogP) is 3.65. The molecule has 0 aliphatic carbocycles. The summed E-state index contributed by atoms with van der Waals surface area (Å²) in [6, 6.07) is 5.97. The van der Waals surface area contributed by atoms with Gasteiger partial charge in [-0.2, -0.15) is 0 Å². The van der Waals surface area contributed by atoms with E-state index in [-0.39, 0.29) is 29.0 Å². The maximum atomic E-state index is 13.3. The van der Waals surface area contributed by atoms with Gasteiger partial charge < -0.3 is 19.5 Å². The minimum Gasteiger partial charge on any atom is -0.492 e. The van der Waals surface area contributed by atoms with E-state index < -0.39 is 17.6 Å². The van der Waals surface area contributed by atoms with Gasteiger partial charge in [0.15, 0.2) is 11.5 Å². The predicted molar refractivity (Wildman–Crippen MR) is 88.1 cm³/mol. The number of amides is 1. The van der Waals surface area contributed by atoms with Crippen LogP contribution in [0.3, 0.4) is 0 Å². The number of ether oxygens (including phenoxy) is 3. The zero-order valence-corrected chi connectivity index (χ0v) is 14.5. The number of nitrogens with one attached hydrogen (secondary N) is 1. The summed E-state index contributed by atoms with van der Waals surface area (Å²) < 4.78 is 40.9. The molecule has 4 rings (SSSR count). The monoisotopic (exact) mass is 382 g/mol. The summed E-state index contributed by atoms with van der Waals surface area (Å²) in [6.45, 7) is 3.50. The minimum absolute atomic E-state index is 0.0347. The molecular formula is C17H13ClF2N2O4. The highest BCUT2D eigenvalue weighted by atomic mass is 35.5. The average molecular weight is 383 g/mol. The summed E-state index contributed by atoms with van der Waals surface area (Å²) in [5.41, 5.74) is 0.136. The lowest BCUT2D eigenvalue weighted by Crippen LogP contribution is -2.39. The molecule has 1 N–H and O–H groups in total. The van der Waals surface area contributed by atoms with Crippen LogP contribution in [-0.4, -0.2) is 23.8 Å². The van der Waals surface area contributed by atoms with Gasteiger partial charge in [0.1, 0.15) is 28.7 Å². The zero-order chi connectivity index (χ0) is 18.7. The van der Waals surface area contributed by atoms with Crippen LogP contribution >= 0.6 is 11.6 Å². The molecule has 0 bridgehead atoms. The smallest absolute Gasteiger partial charge is 0.492 e. The van der Waals surface area contributed by atoms with Crippen molar-refractivity contribution in [2.24, 2.45) is 0 Å². The molecule has 2 aromatic rings. The second-order valence-electron chi connectivity index (χ2n) is 6.39. The zero-order valence-electron chi connectivity index (χ0n) is 13.7. The second kappa shape index (κ2) is 5.44. The highest BCUT2D eigenvalue weighted by molar-refractivity contribution is 6.29. The van der Waals surface area contributed by atoms with Crippen molar-refractivity contribution in [2.45, 2.75) is 25.6 Å². The lowest BCUT2D eigenvalue weighted by molar-refractivity contribution is -0.286. The molecule has 26 heavy (non-hydrogen) atoms. The number of hydrogen-bond acceptors (Lipinski definition) is 5. The SMILES string of the molecule is Cc1cc(Cl)nc(NC(=O)C2(C)COc3cc4c(cc32)OC(F)(F)O4)c1. The van der Waals surface area contributed by atoms with Crippen LogP contribution in [0.25, 0.3) is 0 Å². The number of anilines is 1. The fourth-order valence-corrected chi connectivity index (χ4v) is 3.22. The van der Waals surface area contributed by atoms with Gasteiger partial charge in [-0.25, -0.2) is 4.98 Å². The van der Waals surface area contributed by atoms with E-state index in [0.29, 0.717) is 11.4 Å². The van der Waals surface area contributed by atoms with Crippen LogP contribution in [0.1, 0.15) is 18.1 Å². The number of pyridine rings is 1. The Morgan fingerprint density at radius 2 is 1.88 bits per heavy atom. The van der Waals surface area contributed by atoms with Gasteiger partial charge in [0, 0.05) is 11.6 Å². The van der Waals surface area contributed by atoms with E-state index in [4.69, 9.17) is 16.3 Å². The number of nitrogens with zero attached hydrogens (tertiary/aromatic N) is 1. The van der Waals surface area contributed by atoms with Crippen LogP contribution in [-0.2, 0) is 10.2 Å². The number of aromatic nitrogens is 1. The van der Waals surface area contributed by atoms with E-state index in [9.17, 15) is 13.6 Å². The van der Waals surface area contributed by atoms with Gasteiger partial charge in [0.05, 0.1) is 0 Å². The van der Waals surface area contributed by atoms with E-state index in [2.05, 4.69) is 19.8 Å². The number of carbonyl (C=O) groups is 1. The topological polar surface area (TPSA) is 69.7 Å². The van der Waals surface area contributed by atoms with Crippen LogP contribution in [0.15, 0.2) is 24.3 Å². The normalized spacial score (nSPS) is 21.9. The van der Waals surface area contributed by atoms with Crippen molar-refractivity contribution in [3.63, 3.8) is 0 Å². The third kappa shape index (κ3) is 2.70. The summed E-state index contributed by atoms with van der Waals surface area (Å²) in [6.07, 6.45) is -3.74. The molecule has 3 heterocycles. The highest BCUT2D eigenvalue weighted by Crippen LogP contribution is 2.49. The number of carbonyl (C=O) groups excluding carboxylic acids is 1. The third-order valence-electron chi connectivity index (χ3n) is 4.30. The van der Waals surface area contributed by atoms with Crippen LogP contribution in [0.4, 0.5) is 14.6 Å². The molecule has 1 unspecified atom stereocenters. The molecule has 0 fully saturated rings. The molecule has 2 aliphatic rings. The molecule has 1 atom stereocenters. The first-order valence-electron chi connectivity index (χ1n) is 7.69. The summed E-state index contributed by atoms with van der Waals surface area (Å²) in [5.74, 6) is -0.100. The number of aryl methyl sites for hydroxylation is 1. The second-order valence-corrected chi connectivity index (χ2v) is 6.78. The van der Waals surface area contributed by atoms with Crippen LogP contribution in [0, 0.1) is 6.92 Å². The van der Waals surface area contributed by atoms with Crippen molar-refractivity contribution in [1.82, 2.24) is 4.98 Å². The van der Waals surface area contributed by atoms with E-state index in [1.54, 1.807) is 19.1 Å². The number of benzene rings is 1. The number of hydrogen-bond donors (Lipinski definition) is 1. The van der Waals surface area contributed by atoms with Crippen LogP contribution in [0.5, 0.6) is 17.2 Å². The number of alkyl halides is 2. The fraction of sp³-hybridized carbons (Fsp3) is 0.294. The largest absolute Gasteiger partial charge is 0.586 e. The average Bonchev–Trinajstić information content (AvgIpc) is 3.00. The Labute approximate surface area is 152 Å². The molecule has 0 saturated heterocycles. The first-order chi connectivity index (χ1) is 12.2. The molecule has 1 aromatic heterocycles. The number of halogens is 3.